The van der Waals surface area contributed by atoms with E-state index >= 15 is 0 Å². The Bertz CT molecular complexity index is 3390. The number of aromatic nitrogens is 2. The zero-order chi connectivity index (χ0) is 39.6. The number of rotatable bonds is 6. The summed E-state index contributed by atoms with van der Waals surface area (Å²) in [4.78, 5) is 13.8. The van der Waals surface area contributed by atoms with Crippen molar-refractivity contribution in [2.45, 2.75) is 0 Å². The molecule has 0 atom stereocenters. The first-order valence-electron chi connectivity index (χ1n) is 20.2. The third kappa shape index (κ3) is 6.08. The molecule has 4 heteroatoms. The average molecular weight is 799 g/mol. The van der Waals surface area contributed by atoms with Gasteiger partial charge in [0.05, 0.1) is 0 Å². The van der Waals surface area contributed by atoms with Crippen molar-refractivity contribution in [3.63, 3.8) is 0 Å². The third-order valence-corrected chi connectivity index (χ3v) is 14.0. The van der Waals surface area contributed by atoms with Crippen molar-refractivity contribution >= 4 is 75.4 Å². The van der Waals surface area contributed by atoms with Gasteiger partial charge < -0.3 is 0 Å². The number of pyridine rings is 2. The summed E-state index contributed by atoms with van der Waals surface area (Å²) < 4.78 is 0. The predicted molar refractivity (Wildman–Crippen MR) is 258 cm³/mol. The lowest BCUT2D eigenvalue weighted by Gasteiger charge is -2.14. The van der Waals surface area contributed by atoms with Crippen LogP contribution in [-0.2, 0) is 0 Å². The molecule has 0 amide bonds. The van der Waals surface area contributed by atoms with Gasteiger partial charge in [0, 0.05) is 32.9 Å². The van der Waals surface area contributed by atoms with Gasteiger partial charge in [0.15, 0.2) is 0 Å². The van der Waals surface area contributed by atoms with Crippen molar-refractivity contribution in [2.24, 2.45) is 0 Å². The van der Waals surface area contributed by atoms with E-state index in [0.717, 1.165) is 9.66 Å². The molecule has 4 heterocycles. The summed E-state index contributed by atoms with van der Waals surface area (Å²) in [6, 6.07) is 71.4. The van der Waals surface area contributed by atoms with Crippen LogP contribution in [-0.4, -0.2) is 9.97 Å². The molecule has 0 saturated carbocycles. The minimum absolute atomic E-state index is 1.06. The molecular formula is C56H34N2S2. The number of nitrogens with zero attached hydrogens (tertiary/aromatic N) is 2. The maximum Gasteiger partial charge on any atom is 0.123 e. The number of fused-ring (bicyclic) bond motifs is 8. The van der Waals surface area contributed by atoms with Crippen LogP contribution in [0.1, 0.15) is 0 Å². The van der Waals surface area contributed by atoms with E-state index < -0.39 is 0 Å². The molecule has 0 aliphatic carbocycles. The number of hydrogen-bond donors (Lipinski definition) is 0. The first-order valence-corrected chi connectivity index (χ1v) is 21.8. The van der Waals surface area contributed by atoms with E-state index in [1.54, 1.807) is 22.7 Å². The summed E-state index contributed by atoms with van der Waals surface area (Å²) in [7, 11) is 0. The highest BCUT2D eigenvalue weighted by Crippen LogP contribution is 2.41. The molecule has 0 aliphatic rings. The second kappa shape index (κ2) is 14.2. The van der Waals surface area contributed by atoms with Crippen LogP contribution in [0.2, 0.25) is 0 Å². The quantitative estimate of drug-likeness (QED) is 0.157. The zero-order valence-electron chi connectivity index (χ0n) is 32.3. The van der Waals surface area contributed by atoms with Gasteiger partial charge in [-0.15, -0.1) is 22.7 Å². The van der Waals surface area contributed by atoms with Crippen LogP contribution < -0.4 is 0 Å². The summed E-state index contributed by atoms with van der Waals surface area (Å²) >= 11 is 3.48. The van der Waals surface area contributed by atoms with Crippen LogP contribution in [0.3, 0.4) is 0 Å². The fraction of sp³-hybridized carbons (Fsp3) is 0. The van der Waals surface area contributed by atoms with Gasteiger partial charge in [0.2, 0.25) is 0 Å². The van der Waals surface area contributed by atoms with E-state index in [4.69, 9.17) is 0 Å². The number of benzene rings is 8. The Morgan fingerprint density at radius 1 is 0.250 bits per heavy atom. The van der Waals surface area contributed by atoms with Crippen LogP contribution in [0.15, 0.2) is 207 Å². The van der Waals surface area contributed by atoms with Crippen LogP contribution >= 0.6 is 22.7 Å². The zero-order valence-corrected chi connectivity index (χ0v) is 34.0. The topological polar surface area (TPSA) is 25.8 Å². The highest BCUT2D eigenvalue weighted by molar-refractivity contribution is 7.22. The standard InChI is InChI=1S/C56H34N2S2/c1-2-20-49-47(18-1)48-19-3-4-21-50(48)52-32-39(22-23-51(49)52)35-10-5-11-36(26-35)44-29-45(37-12-6-14-40(27-37)53-33-42-16-8-24-57-55(42)59-53)31-46(30-44)38-13-7-15-41(28-38)54-34-43-17-9-25-58-56(43)60-54/h1-34H. The molecular weight excluding hydrogens is 765 g/mol. The molecule has 0 aliphatic heterocycles. The van der Waals surface area contributed by atoms with Gasteiger partial charge in [-0.1, -0.05) is 127 Å². The van der Waals surface area contributed by atoms with Crippen LogP contribution in [0, 0.1) is 0 Å². The van der Waals surface area contributed by atoms with E-state index in [1.165, 1.54) is 108 Å². The highest BCUT2D eigenvalue weighted by atomic mass is 32.1. The second-order valence-electron chi connectivity index (χ2n) is 15.4. The maximum absolute atomic E-state index is 4.62. The minimum Gasteiger partial charge on any atom is -0.245 e. The predicted octanol–water partition coefficient (Wildman–Crippen LogP) is 16.4. The fourth-order valence-electron chi connectivity index (χ4n) is 8.83. The summed E-state index contributed by atoms with van der Waals surface area (Å²) in [5.41, 5.74) is 11.9. The van der Waals surface area contributed by atoms with Gasteiger partial charge in [0.25, 0.3) is 0 Å². The van der Waals surface area contributed by atoms with Crippen LogP contribution in [0.5, 0.6) is 0 Å². The second-order valence-corrected chi connectivity index (χ2v) is 17.5. The molecule has 0 unspecified atom stereocenters. The molecule has 0 saturated heterocycles. The number of thiophene rings is 2. The van der Waals surface area contributed by atoms with Crippen LogP contribution in [0.25, 0.3) is 118 Å². The first-order chi connectivity index (χ1) is 29.7. The molecule has 12 rings (SSSR count). The van der Waals surface area contributed by atoms with E-state index in [-0.39, 0.29) is 0 Å². The van der Waals surface area contributed by atoms with E-state index in [9.17, 15) is 0 Å². The largest absolute Gasteiger partial charge is 0.245 e. The summed E-state index contributed by atoms with van der Waals surface area (Å²) in [6.45, 7) is 0. The normalized spacial score (nSPS) is 11.7. The minimum atomic E-state index is 1.06. The lowest BCUT2D eigenvalue weighted by Crippen LogP contribution is -1.88. The Morgan fingerprint density at radius 2 is 0.617 bits per heavy atom. The Balaban J connectivity index is 1.00. The molecule has 12 aromatic rings. The highest BCUT2D eigenvalue weighted by Gasteiger charge is 2.14. The van der Waals surface area contributed by atoms with E-state index in [1.807, 2.05) is 24.5 Å². The van der Waals surface area contributed by atoms with E-state index in [2.05, 4.69) is 192 Å². The Hall–Kier alpha value is -7.24. The van der Waals surface area contributed by atoms with Crippen LogP contribution in [0.4, 0.5) is 0 Å². The van der Waals surface area contributed by atoms with Gasteiger partial charge >= 0.3 is 0 Å². The first kappa shape index (κ1) is 34.8. The summed E-state index contributed by atoms with van der Waals surface area (Å²) in [5, 5.41) is 10.1. The molecule has 8 aromatic carbocycles. The van der Waals surface area contributed by atoms with Gasteiger partial charge in [0.1, 0.15) is 9.66 Å². The molecule has 0 spiro atoms. The molecule has 0 N–H and O–H groups in total. The molecule has 4 aromatic heterocycles. The fourth-order valence-corrected chi connectivity index (χ4v) is 10.8. The lowest BCUT2D eigenvalue weighted by molar-refractivity contribution is 1.45. The Kier molecular flexibility index (Phi) is 8.25. The van der Waals surface area contributed by atoms with Crippen molar-refractivity contribution in [3.8, 4) is 65.4 Å². The van der Waals surface area contributed by atoms with Gasteiger partial charge in [-0.3, -0.25) is 0 Å². The Labute approximate surface area is 355 Å². The number of hydrogen-bond acceptors (Lipinski definition) is 4. The molecule has 60 heavy (non-hydrogen) atoms. The van der Waals surface area contributed by atoms with E-state index in [0.29, 0.717) is 0 Å². The molecule has 0 bridgehead atoms. The monoisotopic (exact) mass is 798 g/mol. The van der Waals surface area contributed by atoms with Crippen molar-refractivity contribution in [1.82, 2.24) is 9.97 Å². The maximum atomic E-state index is 4.62. The molecule has 2 nitrogen and oxygen atoms in total. The summed E-state index contributed by atoms with van der Waals surface area (Å²) in [6.07, 6.45) is 3.74. The summed E-state index contributed by atoms with van der Waals surface area (Å²) in [5.74, 6) is 0. The lowest BCUT2D eigenvalue weighted by atomic mass is 9.90. The van der Waals surface area contributed by atoms with Crippen molar-refractivity contribution in [3.05, 3.63) is 207 Å². The molecule has 0 fully saturated rings. The smallest absolute Gasteiger partial charge is 0.123 e. The van der Waals surface area contributed by atoms with Gasteiger partial charge in [-0.2, -0.15) is 0 Å². The van der Waals surface area contributed by atoms with Gasteiger partial charge in [-0.05, 0) is 155 Å². The molecule has 280 valence electrons. The van der Waals surface area contributed by atoms with Gasteiger partial charge in [-0.25, -0.2) is 9.97 Å². The Morgan fingerprint density at radius 3 is 1.08 bits per heavy atom. The van der Waals surface area contributed by atoms with Crippen molar-refractivity contribution in [2.75, 3.05) is 0 Å². The average Bonchev–Trinajstić information content (AvgIpc) is 3.97. The van der Waals surface area contributed by atoms with Crippen molar-refractivity contribution in [1.29, 1.82) is 0 Å². The third-order valence-electron chi connectivity index (χ3n) is 11.8. The SMILES string of the molecule is c1cc(-c2cc(-c3cccc(-c4cc5cccnc5s4)c3)cc(-c3cccc(-c4cc5cccnc5s4)c3)c2)cc(-c2ccc3c4ccccc4c4ccccc4c3c2)c1. The molecule has 0 radical (unpaired) electrons. The van der Waals surface area contributed by atoms with Crippen molar-refractivity contribution < 1.29 is 0 Å².